The summed E-state index contributed by atoms with van der Waals surface area (Å²) in [5.74, 6) is 5.67. The summed E-state index contributed by atoms with van der Waals surface area (Å²) in [7, 11) is -4.31. The molecule has 0 aliphatic carbocycles. The van der Waals surface area contributed by atoms with E-state index >= 15 is 0 Å². The summed E-state index contributed by atoms with van der Waals surface area (Å²) in [6.07, 6.45) is 4.67. The first-order valence-corrected chi connectivity index (χ1v) is 8.94. The second-order valence-corrected chi connectivity index (χ2v) is 6.78. The Balaban J connectivity index is 3.24. The average molecular weight is 308 g/mol. The Bertz CT molecular complexity index is 581. The highest BCUT2D eigenvalue weighted by molar-refractivity contribution is 7.87. The third-order valence-electron chi connectivity index (χ3n) is 3.53. The molecule has 0 amide bonds. The van der Waals surface area contributed by atoms with Gasteiger partial charge in [-0.2, -0.15) is 8.42 Å². The summed E-state index contributed by atoms with van der Waals surface area (Å²) in [5.41, 5.74) is 0.546. The molecular weight excluding hydrogens is 284 g/mol. The highest BCUT2D eigenvalue weighted by Crippen LogP contribution is 2.35. The molecule has 0 saturated carbocycles. The van der Waals surface area contributed by atoms with E-state index in [-0.39, 0.29) is 0 Å². The van der Waals surface area contributed by atoms with Gasteiger partial charge in [-0.25, -0.2) is 0 Å². The first-order chi connectivity index (χ1) is 9.98. The van der Waals surface area contributed by atoms with Crippen LogP contribution in [0.2, 0.25) is 0 Å². The summed E-state index contributed by atoms with van der Waals surface area (Å²) < 4.78 is 32.5. The second-order valence-electron chi connectivity index (χ2n) is 5.13. The molecule has 1 aromatic carbocycles. The average Bonchev–Trinajstić information content (AvgIpc) is 2.46. The number of hydrogen-bond donors (Lipinski definition) is 1. The molecule has 0 aromatic heterocycles. The normalized spacial score (nSPS) is 14.0. The van der Waals surface area contributed by atoms with Gasteiger partial charge in [-0.1, -0.05) is 75.8 Å². The molecule has 0 aliphatic heterocycles. The van der Waals surface area contributed by atoms with E-state index in [4.69, 9.17) is 0 Å². The van der Waals surface area contributed by atoms with Gasteiger partial charge in [0.25, 0.3) is 10.1 Å². The standard InChI is InChI=1S/C17H24O3S/c1-3-5-7-11-15-17(14-6-4-2,21(18,19)20)16-12-9-8-10-13-16/h8-10,12-13H,3-5,7,11,15H2,1-2H3,(H,18,19,20). The van der Waals surface area contributed by atoms with Gasteiger partial charge in [0.05, 0.1) is 0 Å². The number of benzene rings is 1. The highest BCUT2D eigenvalue weighted by Gasteiger charge is 2.42. The smallest absolute Gasteiger partial charge is 0.284 e. The summed E-state index contributed by atoms with van der Waals surface area (Å²) >= 11 is 0. The molecular formula is C17H24O3S. The molecule has 4 heteroatoms. The third-order valence-corrected chi connectivity index (χ3v) is 4.95. The summed E-state index contributed by atoms with van der Waals surface area (Å²) in [4.78, 5) is 0. The minimum absolute atomic E-state index is 0.322. The number of hydrogen-bond acceptors (Lipinski definition) is 2. The largest absolute Gasteiger partial charge is 0.286 e. The SMILES string of the molecule is CCC#CC(CCCCCC)(c1ccccc1)S(=O)(=O)O. The van der Waals surface area contributed by atoms with Crippen LogP contribution in [-0.2, 0) is 14.9 Å². The van der Waals surface area contributed by atoms with Crippen molar-refractivity contribution in [1.29, 1.82) is 0 Å². The zero-order chi connectivity index (χ0) is 15.8. The van der Waals surface area contributed by atoms with Crippen LogP contribution in [0.4, 0.5) is 0 Å². The number of rotatable bonds is 7. The van der Waals surface area contributed by atoms with Crippen molar-refractivity contribution in [2.45, 2.75) is 57.1 Å². The van der Waals surface area contributed by atoms with Crippen LogP contribution in [0.25, 0.3) is 0 Å². The first-order valence-electron chi connectivity index (χ1n) is 7.50. The van der Waals surface area contributed by atoms with Crippen LogP contribution in [0.1, 0.15) is 57.9 Å². The van der Waals surface area contributed by atoms with Crippen molar-refractivity contribution < 1.29 is 13.0 Å². The van der Waals surface area contributed by atoms with E-state index < -0.39 is 14.9 Å². The lowest BCUT2D eigenvalue weighted by Crippen LogP contribution is -2.34. The quantitative estimate of drug-likeness (QED) is 0.467. The van der Waals surface area contributed by atoms with Gasteiger partial charge in [0.1, 0.15) is 0 Å². The molecule has 0 bridgehead atoms. The predicted molar refractivity (Wildman–Crippen MR) is 86.5 cm³/mol. The van der Waals surface area contributed by atoms with Crippen LogP contribution in [0.5, 0.6) is 0 Å². The molecule has 1 N–H and O–H groups in total. The molecule has 0 spiro atoms. The van der Waals surface area contributed by atoms with Gasteiger partial charge >= 0.3 is 0 Å². The van der Waals surface area contributed by atoms with E-state index in [1.807, 2.05) is 13.0 Å². The maximum atomic E-state index is 12.1. The topological polar surface area (TPSA) is 54.4 Å². The molecule has 1 unspecified atom stereocenters. The lowest BCUT2D eigenvalue weighted by atomic mass is 9.92. The zero-order valence-electron chi connectivity index (χ0n) is 12.8. The van der Waals surface area contributed by atoms with Crippen LogP contribution in [-0.4, -0.2) is 13.0 Å². The van der Waals surface area contributed by atoms with Gasteiger partial charge in [-0.05, 0) is 12.0 Å². The maximum Gasteiger partial charge on any atom is 0.286 e. The lowest BCUT2D eigenvalue weighted by molar-refractivity contribution is 0.437. The van der Waals surface area contributed by atoms with Crippen molar-refractivity contribution in [1.82, 2.24) is 0 Å². The van der Waals surface area contributed by atoms with Gasteiger partial charge in [-0.3, -0.25) is 4.55 Å². The third kappa shape index (κ3) is 4.59. The molecule has 116 valence electrons. The first kappa shape index (κ1) is 17.7. The Kier molecular flexibility index (Phi) is 6.94. The molecule has 1 atom stereocenters. The van der Waals surface area contributed by atoms with Gasteiger partial charge in [-0.15, -0.1) is 5.92 Å². The molecule has 0 fully saturated rings. The van der Waals surface area contributed by atoms with Gasteiger partial charge < -0.3 is 0 Å². The molecule has 0 heterocycles. The highest BCUT2D eigenvalue weighted by atomic mass is 32.2. The molecule has 0 aliphatic rings. The van der Waals surface area contributed by atoms with Crippen molar-refractivity contribution in [2.24, 2.45) is 0 Å². The van der Waals surface area contributed by atoms with E-state index in [0.717, 1.165) is 25.7 Å². The molecule has 1 aromatic rings. The van der Waals surface area contributed by atoms with E-state index in [1.165, 1.54) is 0 Å². The molecule has 21 heavy (non-hydrogen) atoms. The van der Waals surface area contributed by atoms with Crippen LogP contribution >= 0.6 is 0 Å². The van der Waals surface area contributed by atoms with E-state index in [9.17, 15) is 13.0 Å². The van der Waals surface area contributed by atoms with Gasteiger partial charge in [0.15, 0.2) is 4.75 Å². The predicted octanol–water partition coefficient (Wildman–Crippen LogP) is 4.15. The fourth-order valence-electron chi connectivity index (χ4n) is 2.36. The summed E-state index contributed by atoms with van der Waals surface area (Å²) in [6.45, 7) is 3.97. The van der Waals surface area contributed by atoms with Crippen molar-refractivity contribution in [3.05, 3.63) is 35.9 Å². The van der Waals surface area contributed by atoms with Crippen molar-refractivity contribution >= 4 is 10.1 Å². The molecule has 0 saturated heterocycles. The Labute approximate surface area is 128 Å². The monoisotopic (exact) mass is 308 g/mol. The van der Waals surface area contributed by atoms with E-state index in [1.54, 1.807) is 24.3 Å². The van der Waals surface area contributed by atoms with Crippen molar-refractivity contribution in [2.75, 3.05) is 0 Å². The molecule has 0 radical (unpaired) electrons. The minimum Gasteiger partial charge on any atom is -0.284 e. The Morgan fingerprint density at radius 2 is 1.76 bits per heavy atom. The Morgan fingerprint density at radius 1 is 1.10 bits per heavy atom. The summed E-state index contributed by atoms with van der Waals surface area (Å²) in [5, 5.41) is 0. The van der Waals surface area contributed by atoms with Gasteiger partial charge in [0, 0.05) is 6.42 Å². The molecule has 1 rings (SSSR count). The fourth-order valence-corrected chi connectivity index (χ4v) is 3.40. The van der Waals surface area contributed by atoms with E-state index in [2.05, 4.69) is 18.8 Å². The second kappa shape index (κ2) is 8.21. The zero-order valence-corrected chi connectivity index (χ0v) is 13.6. The minimum atomic E-state index is -4.31. The van der Waals surface area contributed by atoms with Crippen LogP contribution in [0, 0.1) is 11.8 Å². The van der Waals surface area contributed by atoms with Crippen LogP contribution in [0.3, 0.4) is 0 Å². The Hall–Kier alpha value is -1.31. The molecule has 3 nitrogen and oxygen atoms in total. The van der Waals surface area contributed by atoms with E-state index in [0.29, 0.717) is 18.4 Å². The number of unbranched alkanes of at least 4 members (excludes halogenated alkanes) is 3. The van der Waals surface area contributed by atoms with Crippen molar-refractivity contribution in [3.8, 4) is 11.8 Å². The lowest BCUT2D eigenvalue weighted by Gasteiger charge is -2.26. The maximum absolute atomic E-state index is 12.1. The Morgan fingerprint density at radius 3 is 2.29 bits per heavy atom. The summed E-state index contributed by atoms with van der Waals surface area (Å²) in [6, 6.07) is 8.81. The van der Waals surface area contributed by atoms with Crippen LogP contribution in [0.15, 0.2) is 30.3 Å². The van der Waals surface area contributed by atoms with Gasteiger partial charge in [0.2, 0.25) is 0 Å². The fraction of sp³-hybridized carbons (Fsp3) is 0.529. The van der Waals surface area contributed by atoms with Crippen LogP contribution < -0.4 is 0 Å². The van der Waals surface area contributed by atoms with Crippen molar-refractivity contribution in [3.63, 3.8) is 0 Å².